The fourth-order valence-corrected chi connectivity index (χ4v) is 1.31. The molecule has 0 saturated heterocycles. The van der Waals surface area contributed by atoms with Crippen LogP contribution in [0.5, 0.6) is 0 Å². The molecule has 0 saturated carbocycles. The molecule has 0 spiro atoms. The fourth-order valence-electron chi connectivity index (χ4n) is 1.31. The average Bonchev–Trinajstić information content (AvgIpc) is 2.28. The minimum atomic E-state index is -0.617. The summed E-state index contributed by atoms with van der Waals surface area (Å²) in [7, 11) is 0. The van der Waals surface area contributed by atoms with Gasteiger partial charge in [-0.2, -0.15) is 5.26 Å². The number of hydrogen-bond donors (Lipinski definition) is 1. The van der Waals surface area contributed by atoms with Gasteiger partial charge >= 0.3 is 0 Å². The van der Waals surface area contributed by atoms with E-state index in [0.29, 0.717) is 12.2 Å². The van der Waals surface area contributed by atoms with E-state index in [0.717, 1.165) is 5.69 Å². The van der Waals surface area contributed by atoms with Gasteiger partial charge in [-0.05, 0) is 12.8 Å². The molecule has 0 aliphatic heterocycles. The number of aromatic nitrogens is 2. The molecule has 5 nitrogen and oxygen atoms in total. The van der Waals surface area contributed by atoms with Gasteiger partial charge in [0.05, 0.1) is 30.2 Å². The van der Waals surface area contributed by atoms with E-state index in [1.54, 1.807) is 12.4 Å². The van der Waals surface area contributed by atoms with Crippen LogP contribution in [0.15, 0.2) is 12.4 Å². The third kappa shape index (κ3) is 3.83. The molecule has 1 rings (SSSR count). The number of aryl methyl sites for hydroxylation is 1. The lowest BCUT2D eigenvalue weighted by Gasteiger charge is -2.12. The lowest BCUT2D eigenvalue weighted by atomic mass is 9.97. The monoisotopic (exact) mass is 232 g/mol. The highest BCUT2D eigenvalue weighted by atomic mass is 16.1. The molecule has 1 amide bonds. The number of amides is 1. The molecular weight excluding hydrogens is 216 g/mol. The molecule has 1 atom stereocenters. The van der Waals surface area contributed by atoms with E-state index in [9.17, 15) is 4.79 Å². The number of rotatable bonds is 4. The maximum absolute atomic E-state index is 11.7. The first-order valence-electron chi connectivity index (χ1n) is 5.49. The summed E-state index contributed by atoms with van der Waals surface area (Å²) in [5, 5.41) is 11.5. The zero-order chi connectivity index (χ0) is 12.8. The second-order valence-corrected chi connectivity index (χ2v) is 4.22. The molecule has 0 radical (unpaired) electrons. The van der Waals surface area contributed by atoms with Crippen molar-refractivity contribution in [1.29, 1.82) is 5.26 Å². The summed E-state index contributed by atoms with van der Waals surface area (Å²) < 4.78 is 0. The van der Waals surface area contributed by atoms with E-state index in [2.05, 4.69) is 15.3 Å². The molecule has 0 fully saturated rings. The lowest BCUT2D eigenvalue weighted by molar-refractivity contribution is -0.124. The SMILES string of the molecule is Cc1cnc(CNC(=O)C(C#N)C(C)C)cn1. The van der Waals surface area contributed by atoms with Gasteiger partial charge in [0.25, 0.3) is 0 Å². The van der Waals surface area contributed by atoms with Crippen LogP contribution in [-0.4, -0.2) is 15.9 Å². The summed E-state index contributed by atoms with van der Waals surface area (Å²) in [6, 6.07) is 2.00. The van der Waals surface area contributed by atoms with Crippen LogP contribution in [0, 0.1) is 30.1 Å². The lowest BCUT2D eigenvalue weighted by Crippen LogP contribution is -2.32. The summed E-state index contributed by atoms with van der Waals surface area (Å²) in [6.45, 7) is 5.84. The highest BCUT2D eigenvalue weighted by molar-refractivity contribution is 5.81. The molecule has 0 bridgehead atoms. The summed E-state index contributed by atoms with van der Waals surface area (Å²) in [5.74, 6) is -0.873. The standard InChI is InChI=1S/C12H16N4O/c1-8(2)11(4-13)12(17)16-7-10-6-14-9(3)5-15-10/h5-6,8,11H,7H2,1-3H3,(H,16,17). The predicted octanol–water partition coefficient (Wildman–Crippen LogP) is 1.20. The third-order valence-electron chi connectivity index (χ3n) is 2.37. The van der Waals surface area contributed by atoms with E-state index in [1.807, 2.05) is 26.8 Å². The molecule has 1 heterocycles. The quantitative estimate of drug-likeness (QED) is 0.845. The van der Waals surface area contributed by atoms with Crippen LogP contribution >= 0.6 is 0 Å². The van der Waals surface area contributed by atoms with Crippen molar-refractivity contribution in [2.45, 2.75) is 27.3 Å². The zero-order valence-electron chi connectivity index (χ0n) is 10.3. The Morgan fingerprint density at radius 2 is 2.18 bits per heavy atom. The van der Waals surface area contributed by atoms with Crippen LogP contribution in [0.2, 0.25) is 0 Å². The van der Waals surface area contributed by atoms with Gasteiger partial charge in [0.15, 0.2) is 0 Å². The minimum Gasteiger partial charge on any atom is -0.349 e. The van der Waals surface area contributed by atoms with Crippen LogP contribution in [0.3, 0.4) is 0 Å². The van der Waals surface area contributed by atoms with E-state index < -0.39 is 5.92 Å². The van der Waals surface area contributed by atoms with Gasteiger partial charge in [-0.25, -0.2) is 0 Å². The zero-order valence-corrected chi connectivity index (χ0v) is 10.3. The van der Waals surface area contributed by atoms with Gasteiger partial charge < -0.3 is 5.32 Å². The Hall–Kier alpha value is -1.96. The molecule has 90 valence electrons. The maximum Gasteiger partial charge on any atom is 0.237 e. The Morgan fingerprint density at radius 3 is 2.65 bits per heavy atom. The van der Waals surface area contributed by atoms with Crippen molar-refractivity contribution in [3.05, 3.63) is 23.8 Å². The summed E-state index contributed by atoms with van der Waals surface area (Å²) in [5.41, 5.74) is 1.52. The van der Waals surface area contributed by atoms with Crippen molar-refractivity contribution < 1.29 is 4.79 Å². The molecule has 5 heteroatoms. The normalized spacial score (nSPS) is 11.9. The number of nitrogens with zero attached hydrogens (tertiary/aromatic N) is 3. The molecule has 17 heavy (non-hydrogen) atoms. The van der Waals surface area contributed by atoms with Crippen molar-refractivity contribution in [2.24, 2.45) is 11.8 Å². The Morgan fingerprint density at radius 1 is 1.47 bits per heavy atom. The van der Waals surface area contributed by atoms with E-state index in [-0.39, 0.29) is 11.8 Å². The van der Waals surface area contributed by atoms with Crippen molar-refractivity contribution in [2.75, 3.05) is 0 Å². The molecule has 0 aromatic carbocycles. The van der Waals surface area contributed by atoms with E-state index in [1.165, 1.54) is 0 Å². The second kappa shape index (κ2) is 5.94. The van der Waals surface area contributed by atoms with Crippen molar-refractivity contribution >= 4 is 5.91 Å². The van der Waals surface area contributed by atoms with Gasteiger partial charge in [-0.1, -0.05) is 13.8 Å². The first-order valence-corrected chi connectivity index (χ1v) is 5.49. The van der Waals surface area contributed by atoms with Crippen LogP contribution in [0.4, 0.5) is 0 Å². The summed E-state index contributed by atoms with van der Waals surface area (Å²) in [6.07, 6.45) is 3.26. The van der Waals surface area contributed by atoms with Crippen LogP contribution in [0.25, 0.3) is 0 Å². The molecular formula is C12H16N4O. The summed E-state index contributed by atoms with van der Waals surface area (Å²) in [4.78, 5) is 19.9. The van der Waals surface area contributed by atoms with E-state index >= 15 is 0 Å². The molecule has 1 unspecified atom stereocenters. The molecule has 1 aromatic rings. The third-order valence-corrected chi connectivity index (χ3v) is 2.37. The number of nitriles is 1. The van der Waals surface area contributed by atoms with Gasteiger partial charge in [-0.15, -0.1) is 0 Å². The Bertz CT molecular complexity index is 419. The molecule has 0 aliphatic carbocycles. The number of hydrogen-bond acceptors (Lipinski definition) is 4. The maximum atomic E-state index is 11.7. The van der Waals surface area contributed by atoms with Crippen molar-refractivity contribution in [3.8, 4) is 6.07 Å². The average molecular weight is 232 g/mol. The number of nitrogens with one attached hydrogen (secondary N) is 1. The largest absolute Gasteiger partial charge is 0.349 e. The Kier molecular flexibility index (Phi) is 4.58. The Balaban J connectivity index is 2.54. The van der Waals surface area contributed by atoms with Crippen molar-refractivity contribution in [1.82, 2.24) is 15.3 Å². The van der Waals surface area contributed by atoms with Gasteiger partial charge in [0.2, 0.25) is 5.91 Å². The second-order valence-electron chi connectivity index (χ2n) is 4.22. The van der Waals surface area contributed by atoms with Crippen LogP contribution in [-0.2, 0) is 11.3 Å². The first-order chi connectivity index (χ1) is 8.04. The fraction of sp³-hybridized carbons (Fsp3) is 0.500. The number of carbonyl (C=O) groups excluding carboxylic acids is 1. The number of carbonyl (C=O) groups is 1. The topological polar surface area (TPSA) is 78.7 Å². The van der Waals surface area contributed by atoms with Crippen LogP contribution in [0.1, 0.15) is 25.2 Å². The van der Waals surface area contributed by atoms with Crippen LogP contribution < -0.4 is 5.32 Å². The van der Waals surface area contributed by atoms with E-state index in [4.69, 9.17) is 5.26 Å². The first kappa shape index (κ1) is 13.1. The Labute approximate surface area is 101 Å². The van der Waals surface area contributed by atoms with Gasteiger partial charge in [0, 0.05) is 6.20 Å². The smallest absolute Gasteiger partial charge is 0.237 e. The predicted molar refractivity (Wildman–Crippen MR) is 62.6 cm³/mol. The highest BCUT2D eigenvalue weighted by Gasteiger charge is 2.21. The van der Waals surface area contributed by atoms with Gasteiger partial charge in [0.1, 0.15) is 5.92 Å². The highest BCUT2D eigenvalue weighted by Crippen LogP contribution is 2.09. The summed E-state index contributed by atoms with van der Waals surface area (Å²) >= 11 is 0. The molecule has 1 N–H and O–H groups in total. The molecule has 0 aliphatic rings. The molecule has 1 aromatic heterocycles. The van der Waals surface area contributed by atoms with Crippen molar-refractivity contribution in [3.63, 3.8) is 0 Å². The minimum absolute atomic E-state index is 0.00380. The van der Waals surface area contributed by atoms with Gasteiger partial charge in [-0.3, -0.25) is 14.8 Å².